The fourth-order valence-electron chi connectivity index (χ4n) is 2.97. The van der Waals surface area contributed by atoms with Crippen LogP contribution in [0.25, 0.3) is 0 Å². The lowest BCUT2D eigenvalue weighted by molar-refractivity contribution is -0.118. The van der Waals surface area contributed by atoms with E-state index < -0.39 is 0 Å². The molecule has 27 heavy (non-hydrogen) atoms. The van der Waals surface area contributed by atoms with Crippen molar-refractivity contribution >= 4 is 23.6 Å². The van der Waals surface area contributed by atoms with E-state index in [1.807, 2.05) is 22.8 Å². The van der Waals surface area contributed by atoms with E-state index in [9.17, 15) is 4.79 Å². The number of amides is 1. The first kappa shape index (κ1) is 19.3. The molecule has 0 saturated carbocycles. The Morgan fingerprint density at radius 1 is 1.44 bits per heavy atom. The van der Waals surface area contributed by atoms with Crippen LogP contribution < -0.4 is 10.2 Å². The van der Waals surface area contributed by atoms with E-state index in [1.54, 1.807) is 6.26 Å². The third-order valence-corrected chi connectivity index (χ3v) is 5.52. The maximum atomic E-state index is 11.9. The second-order valence-corrected chi connectivity index (χ2v) is 7.61. The van der Waals surface area contributed by atoms with Crippen molar-refractivity contribution in [3.05, 3.63) is 24.2 Å². The smallest absolute Gasteiger partial charge is 0.230 e. The predicted octanol–water partition coefficient (Wildman–Crippen LogP) is 2.28. The fourth-order valence-corrected chi connectivity index (χ4v) is 3.73. The minimum Gasteiger partial charge on any atom is -0.467 e. The maximum Gasteiger partial charge on any atom is 0.230 e. The van der Waals surface area contributed by atoms with Crippen LogP contribution in [0.5, 0.6) is 0 Å². The van der Waals surface area contributed by atoms with E-state index in [2.05, 4.69) is 27.3 Å². The SMILES string of the molecule is CC1CCN(c2nnc(SCC(=O)NCCC#N)n2Cc2ccco2)CC1. The molecule has 1 saturated heterocycles. The minimum atomic E-state index is -0.115. The van der Waals surface area contributed by atoms with Crippen molar-refractivity contribution in [1.82, 2.24) is 20.1 Å². The molecule has 2 aromatic heterocycles. The van der Waals surface area contributed by atoms with Gasteiger partial charge in [-0.3, -0.25) is 9.36 Å². The van der Waals surface area contributed by atoms with Crippen LogP contribution in [0.3, 0.4) is 0 Å². The lowest BCUT2D eigenvalue weighted by atomic mass is 10.00. The Balaban J connectivity index is 1.71. The first-order chi connectivity index (χ1) is 13.2. The highest BCUT2D eigenvalue weighted by Crippen LogP contribution is 2.27. The zero-order chi connectivity index (χ0) is 19.1. The summed E-state index contributed by atoms with van der Waals surface area (Å²) in [4.78, 5) is 14.2. The van der Waals surface area contributed by atoms with E-state index in [1.165, 1.54) is 11.8 Å². The van der Waals surface area contributed by atoms with E-state index in [4.69, 9.17) is 9.68 Å². The zero-order valence-corrected chi connectivity index (χ0v) is 16.2. The number of nitrogens with one attached hydrogen (secondary N) is 1. The lowest BCUT2D eigenvalue weighted by Crippen LogP contribution is -2.35. The number of piperidine rings is 1. The zero-order valence-electron chi connectivity index (χ0n) is 15.4. The van der Waals surface area contributed by atoms with Crippen LogP contribution in [-0.2, 0) is 11.3 Å². The van der Waals surface area contributed by atoms with Gasteiger partial charge in [0.05, 0.1) is 31.1 Å². The van der Waals surface area contributed by atoms with Gasteiger partial charge in [-0.1, -0.05) is 18.7 Å². The number of nitriles is 1. The van der Waals surface area contributed by atoms with Crippen molar-refractivity contribution in [2.45, 2.75) is 37.9 Å². The molecule has 0 unspecified atom stereocenters. The molecule has 0 atom stereocenters. The summed E-state index contributed by atoms with van der Waals surface area (Å²) >= 11 is 1.35. The molecule has 0 radical (unpaired) electrons. The molecule has 0 spiro atoms. The van der Waals surface area contributed by atoms with E-state index in [0.717, 1.165) is 43.6 Å². The van der Waals surface area contributed by atoms with Crippen molar-refractivity contribution in [1.29, 1.82) is 5.26 Å². The highest BCUT2D eigenvalue weighted by atomic mass is 32.2. The minimum absolute atomic E-state index is 0.115. The van der Waals surface area contributed by atoms with E-state index in [0.29, 0.717) is 24.7 Å². The molecular formula is C18H24N6O2S. The van der Waals surface area contributed by atoms with Crippen molar-refractivity contribution in [2.24, 2.45) is 5.92 Å². The molecule has 1 aliphatic heterocycles. The third-order valence-electron chi connectivity index (χ3n) is 4.55. The average Bonchev–Trinajstić information content (AvgIpc) is 3.32. The van der Waals surface area contributed by atoms with E-state index in [-0.39, 0.29) is 11.7 Å². The van der Waals surface area contributed by atoms with Gasteiger partial charge in [-0.05, 0) is 30.9 Å². The Bertz CT molecular complexity index is 774. The molecule has 144 valence electrons. The van der Waals surface area contributed by atoms with Gasteiger partial charge in [0.1, 0.15) is 5.76 Å². The second kappa shape index (κ2) is 9.46. The van der Waals surface area contributed by atoms with Crippen molar-refractivity contribution in [3.63, 3.8) is 0 Å². The summed E-state index contributed by atoms with van der Waals surface area (Å²) in [6.45, 7) is 5.08. The van der Waals surface area contributed by atoms with Gasteiger partial charge in [0, 0.05) is 19.6 Å². The quantitative estimate of drug-likeness (QED) is 0.547. The van der Waals surface area contributed by atoms with Crippen molar-refractivity contribution < 1.29 is 9.21 Å². The number of anilines is 1. The van der Waals surface area contributed by atoms with Crippen molar-refractivity contribution in [2.75, 3.05) is 30.3 Å². The van der Waals surface area contributed by atoms with Crippen LogP contribution in [0, 0.1) is 17.2 Å². The van der Waals surface area contributed by atoms with Gasteiger partial charge in [-0.15, -0.1) is 10.2 Å². The molecular weight excluding hydrogens is 364 g/mol. The number of aromatic nitrogens is 3. The number of furan rings is 1. The summed E-state index contributed by atoms with van der Waals surface area (Å²) in [5.41, 5.74) is 0. The molecule has 0 bridgehead atoms. The van der Waals surface area contributed by atoms with Gasteiger partial charge in [-0.2, -0.15) is 5.26 Å². The molecule has 3 heterocycles. The van der Waals surface area contributed by atoms with Crippen LogP contribution in [0.4, 0.5) is 5.95 Å². The Hall–Kier alpha value is -2.47. The molecule has 1 aliphatic rings. The summed E-state index contributed by atoms with van der Waals surface area (Å²) in [6.07, 6.45) is 4.23. The number of hydrogen-bond acceptors (Lipinski definition) is 7. The number of rotatable bonds is 8. The van der Waals surface area contributed by atoms with Gasteiger partial charge in [0.25, 0.3) is 0 Å². The van der Waals surface area contributed by atoms with E-state index >= 15 is 0 Å². The van der Waals surface area contributed by atoms with Crippen molar-refractivity contribution in [3.8, 4) is 6.07 Å². The largest absolute Gasteiger partial charge is 0.467 e. The summed E-state index contributed by atoms with van der Waals surface area (Å²) in [5, 5.41) is 20.7. The summed E-state index contributed by atoms with van der Waals surface area (Å²) in [6, 6.07) is 5.79. The van der Waals surface area contributed by atoms with Crippen LogP contribution >= 0.6 is 11.8 Å². The molecule has 0 aliphatic carbocycles. The fraction of sp³-hybridized carbons (Fsp3) is 0.556. The monoisotopic (exact) mass is 388 g/mol. The summed E-state index contributed by atoms with van der Waals surface area (Å²) in [7, 11) is 0. The normalized spacial score (nSPS) is 14.9. The van der Waals surface area contributed by atoms with Gasteiger partial charge in [0.15, 0.2) is 5.16 Å². The number of carbonyl (C=O) groups excluding carboxylic acids is 1. The van der Waals surface area contributed by atoms with Gasteiger partial charge in [0.2, 0.25) is 11.9 Å². The first-order valence-electron chi connectivity index (χ1n) is 9.14. The first-order valence-corrected chi connectivity index (χ1v) is 10.1. The van der Waals surface area contributed by atoms with Gasteiger partial charge >= 0.3 is 0 Å². The predicted molar refractivity (Wildman–Crippen MR) is 102 cm³/mol. The molecule has 8 nitrogen and oxygen atoms in total. The summed E-state index contributed by atoms with van der Waals surface area (Å²) in [5.74, 6) is 2.50. The maximum absolute atomic E-state index is 11.9. The molecule has 9 heteroatoms. The highest BCUT2D eigenvalue weighted by molar-refractivity contribution is 7.99. The number of carbonyl (C=O) groups is 1. The van der Waals surface area contributed by atoms with Crippen LogP contribution in [0.15, 0.2) is 28.0 Å². The average molecular weight is 388 g/mol. The molecule has 1 amide bonds. The Morgan fingerprint density at radius 2 is 2.26 bits per heavy atom. The molecule has 0 aromatic carbocycles. The molecule has 1 fully saturated rings. The topological polar surface area (TPSA) is 100.0 Å². The van der Waals surface area contributed by atoms with Crippen LogP contribution in [0.2, 0.25) is 0 Å². The Kier molecular flexibility index (Phi) is 6.76. The van der Waals surface area contributed by atoms with Crippen LogP contribution in [-0.4, -0.2) is 46.1 Å². The second-order valence-electron chi connectivity index (χ2n) is 6.66. The number of nitrogens with zero attached hydrogens (tertiary/aromatic N) is 5. The van der Waals surface area contributed by atoms with Crippen LogP contribution in [0.1, 0.15) is 31.9 Å². The standard InChI is InChI=1S/C18H24N6O2S/c1-14-5-9-23(10-6-14)17-21-22-18(24(17)12-15-4-2-11-26-15)27-13-16(25)20-8-3-7-19/h2,4,11,14H,3,5-6,8-10,12-13H2,1H3,(H,20,25). The lowest BCUT2D eigenvalue weighted by Gasteiger charge is -2.31. The number of thioether (sulfide) groups is 1. The molecule has 3 rings (SSSR count). The Labute approximate surface area is 162 Å². The molecule has 1 N–H and O–H groups in total. The third kappa shape index (κ3) is 5.26. The molecule has 2 aromatic rings. The number of hydrogen-bond donors (Lipinski definition) is 1. The van der Waals surface area contributed by atoms with Gasteiger partial charge in [-0.25, -0.2) is 0 Å². The summed E-state index contributed by atoms with van der Waals surface area (Å²) < 4.78 is 7.51. The highest BCUT2D eigenvalue weighted by Gasteiger charge is 2.23. The Morgan fingerprint density at radius 3 is 2.96 bits per heavy atom. The van der Waals surface area contributed by atoms with Gasteiger partial charge < -0.3 is 14.6 Å².